The van der Waals surface area contributed by atoms with Gasteiger partial charge in [-0.2, -0.15) is 0 Å². The molecule has 0 bridgehead atoms. The number of hydrogen-bond donors (Lipinski definition) is 3. The van der Waals surface area contributed by atoms with Gasteiger partial charge in [-0.25, -0.2) is 0 Å². The Balaban J connectivity index is 2.63. The predicted molar refractivity (Wildman–Crippen MR) is 65.0 cm³/mol. The Morgan fingerprint density at radius 2 is 1.88 bits per heavy atom. The van der Waals surface area contributed by atoms with E-state index in [4.69, 9.17) is 16.6 Å². The number of anilines is 2. The zero-order valence-corrected chi connectivity index (χ0v) is 9.44. The van der Waals surface area contributed by atoms with Crippen LogP contribution in [0.25, 0.3) is 0 Å². The molecule has 0 saturated heterocycles. The van der Waals surface area contributed by atoms with Crippen molar-refractivity contribution in [1.82, 2.24) is 0 Å². The molecule has 1 atom stereocenters. The maximum Gasteiger partial charge on any atom is 0.306 e. The van der Waals surface area contributed by atoms with Gasteiger partial charge in [0.25, 0.3) is 0 Å². The Morgan fingerprint density at radius 3 is 2.31 bits per heavy atom. The summed E-state index contributed by atoms with van der Waals surface area (Å²) in [5, 5.41) is 8.91. The molecule has 4 nitrogen and oxygen atoms in total. The van der Waals surface area contributed by atoms with Crippen molar-refractivity contribution in [2.75, 3.05) is 11.5 Å². The Labute approximate surface area is 95.3 Å². The summed E-state index contributed by atoms with van der Waals surface area (Å²) in [6, 6.07) is 5.37. The Hall–Kier alpha value is -1.71. The molecule has 0 fully saturated rings. The largest absolute Gasteiger partial charge is 0.481 e. The van der Waals surface area contributed by atoms with Crippen molar-refractivity contribution in [3.8, 4) is 0 Å². The van der Waals surface area contributed by atoms with Crippen LogP contribution in [-0.4, -0.2) is 11.1 Å². The molecule has 1 aromatic carbocycles. The number of nitrogen functional groups attached to an aromatic ring is 2. The van der Waals surface area contributed by atoms with E-state index in [1.807, 2.05) is 19.1 Å². The van der Waals surface area contributed by atoms with Gasteiger partial charge in [-0.1, -0.05) is 6.92 Å². The molecule has 1 rings (SSSR count). The second-order valence-corrected chi connectivity index (χ2v) is 3.99. The lowest BCUT2D eigenvalue weighted by molar-refractivity contribution is -0.142. The summed E-state index contributed by atoms with van der Waals surface area (Å²) in [4.78, 5) is 10.8. The van der Waals surface area contributed by atoms with Crippen LogP contribution in [0.5, 0.6) is 0 Å². The molecule has 1 unspecified atom stereocenters. The third kappa shape index (κ3) is 3.46. The second kappa shape index (κ2) is 5.39. The maximum absolute atomic E-state index is 10.8. The van der Waals surface area contributed by atoms with Crippen LogP contribution in [-0.2, 0) is 11.2 Å². The van der Waals surface area contributed by atoms with Crippen LogP contribution >= 0.6 is 0 Å². The maximum atomic E-state index is 10.8. The van der Waals surface area contributed by atoms with Crippen LogP contribution < -0.4 is 11.5 Å². The molecule has 0 spiro atoms. The van der Waals surface area contributed by atoms with Crippen LogP contribution in [0, 0.1) is 5.92 Å². The van der Waals surface area contributed by atoms with Crippen molar-refractivity contribution >= 4 is 17.3 Å². The minimum absolute atomic E-state index is 0.289. The van der Waals surface area contributed by atoms with Gasteiger partial charge in [0.15, 0.2) is 0 Å². The molecule has 0 aliphatic rings. The van der Waals surface area contributed by atoms with E-state index in [1.54, 1.807) is 6.07 Å². The van der Waals surface area contributed by atoms with Crippen LogP contribution in [0.1, 0.15) is 25.3 Å². The quantitative estimate of drug-likeness (QED) is 0.664. The molecule has 0 amide bonds. The topological polar surface area (TPSA) is 89.3 Å². The first-order valence-corrected chi connectivity index (χ1v) is 5.40. The summed E-state index contributed by atoms with van der Waals surface area (Å²) in [7, 11) is 0. The summed E-state index contributed by atoms with van der Waals surface area (Å²) < 4.78 is 0. The van der Waals surface area contributed by atoms with Crippen molar-refractivity contribution in [2.45, 2.75) is 26.2 Å². The van der Waals surface area contributed by atoms with Crippen molar-refractivity contribution < 1.29 is 9.90 Å². The first kappa shape index (κ1) is 12.4. The van der Waals surface area contributed by atoms with Crippen LogP contribution in [0.3, 0.4) is 0 Å². The fourth-order valence-electron chi connectivity index (χ4n) is 1.73. The van der Waals surface area contributed by atoms with Gasteiger partial charge < -0.3 is 16.6 Å². The Morgan fingerprint density at radius 1 is 1.31 bits per heavy atom. The van der Waals surface area contributed by atoms with Crippen molar-refractivity contribution in [3.05, 3.63) is 23.8 Å². The lowest BCUT2D eigenvalue weighted by Gasteiger charge is -2.10. The first-order valence-electron chi connectivity index (χ1n) is 5.40. The zero-order valence-electron chi connectivity index (χ0n) is 9.44. The SMILES string of the molecule is CCC(CCc1cc(N)cc(N)c1)C(=O)O. The number of carboxylic acids is 1. The molecule has 0 heterocycles. The number of aliphatic carboxylic acids is 1. The summed E-state index contributed by atoms with van der Waals surface area (Å²) in [6.07, 6.45) is 1.96. The summed E-state index contributed by atoms with van der Waals surface area (Å²) in [6.45, 7) is 1.88. The van der Waals surface area contributed by atoms with E-state index in [2.05, 4.69) is 0 Å². The molecule has 88 valence electrons. The molecule has 0 aromatic heterocycles. The molecular formula is C12H18N2O2. The first-order chi connectivity index (χ1) is 7.52. The lowest BCUT2D eigenvalue weighted by atomic mass is 9.97. The van der Waals surface area contributed by atoms with Crippen LogP contribution in [0.2, 0.25) is 0 Å². The average molecular weight is 222 g/mol. The van der Waals surface area contributed by atoms with Gasteiger partial charge in [0, 0.05) is 11.4 Å². The number of rotatable bonds is 5. The van der Waals surface area contributed by atoms with Gasteiger partial charge in [-0.15, -0.1) is 0 Å². The van der Waals surface area contributed by atoms with Crippen molar-refractivity contribution in [1.29, 1.82) is 0 Å². The van der Waals surface area contributed by atoms with E-state index >= 15 is 0 Å². The highest BCUT2D eigenvalue weighted by Gasteiger charge is 2.14. The molecule has 0 radical (unpaired) electrons. The number of carboxylic acid groups (broad SMARTS) is 1. The fourth-order valence-corrected chi connectivity index (χ4v) is 1.73. The third-order valence-corrected chi connectivity index (χ3v) is 2.66. The summed E-state index contributed by atoms with van der Waals surface area (Å²) in [5.74, 6) is -1.03. The number of carbonyl (C=O) groups is 1. The highest BCUT2D eigenvalue weighted by molar-refractivity contribution is 5.69. The van der Waals surface area contributed by atoms with Crippen molar-refractivity contribution in [2.24, 2.45) is 5.92 Å². The van der Waals surface area contributed by atoms with Gasteiger partial charge in [-0.3, -0.25) is 4.79 Å². The van der Waals surface area contributed by atoms with E-state index < -0.39 is 5.97 Å². The molecule has 16 heavy (non-hydrogen) atoms. The Kier molecular flexibility index (Phi) is 4.17. The molecule has 5 N–H and O–H groups in total. The minimum atomic E-state index is -0.737. The molecular weight excluding hydrogens is 204 g/mol. The second-order valence-electron chi connectivity index (χ2n) is 3.99. The molecule has 0 saturated carbocycles. The van der Waals surface area contributed by atoms with E-state index in [0.717, 1.165) is 5.56 Å². The zero-order chi connectivity index (χ0) is 12.1. The van der Waals surface area contributed by atoms with Gasteiger partial charge in [0.05, 0.1) is 5.92 Å². The van der Waals surface area contributed by atoms with E-state index in [0.29, 0.717) is 30.6 Å². The highest BCUT2D eigenvalue weighted by Crippen LogP contribution is 2.18. The van der Waals surface area contributed by atoms with Crippen molar-refractivity contribution in [3.63, 3.8) is 0 Å². The predicted octanol–water partition coefficient (Wildman–Crippen LogP) is 1.89. The highest BCUT2D eigenvalue weighted by atomic mass is 16.4. The minimum Gasteiger partial charge on any atom is -0.481 e. The van der Waals surface area contributed by atoms with Crippen LogP contribution in [0.4, 0.5) is 11.4 Å². The fraction of sp³-hybridized carbons (Fsp3) is 0.417. The monoisotopic (exact) mass is 222 g/mol. The van der Waals surface area contributed by atoms with Crippen LogP contribution in [0.15, 0.2) is 18.2 Å². The lowest BCUT2D eigenvalue weighted by Crippen LogP contribution is -2.13. The standard InChI is InChI=1S/C12H18N2O2/c1-2-9(12(15)16)4-3-8-5-10(13)7-11(14)6-8/h5-7,9H,2-4,13-14H2,1H3,(H,15,16). The van der Waals surface area contributed by atoms with Gasteiger partial charge in [0.1, 0.15) is 0 Å². The molecule has 0 aliphatic carbocycles. The average Bonchev–Trinajstić information content (AvgIpc) is 2.16. The molecule has 4 heteroatoms. The smallest absolute Gasteiger partial charge is 0.306 e. The number of aryl methyl sites for hydroxylation is 1. The summed E-state index contributed by atoms with van der Waals surface area (Å²) in [5.41, 5.74) is 13.6. The number of nitrogens with two attached hydrogens (primary N) is 2. The van der Waals surface area contributed by atoms with Gasteiger partial charge in [-0.05, 0) is 43.0 Å². The van der Waals surface area contributed by atoms with Gasteiger partial charge in [0.2, 0.25) is 0 Å². The normalized spacial score (nSPS) is 12.3. The van der Waals surface area contributed by atoms with E-state index in [9.17, 15) is 4.79 Å². The van der Waals surface area contributed by atoms with E-state index in [-0.39, 0.29) is 5.92 Å². The Bertz CT molecular complexity index is 357. The number of hydrogen-bond acceptors (Lipinski definition) is 3. The molecule has 0 aliphatic heterocycles. The molecule has 1 aromatic rings. The third-order valence-electron chi connectivity index (χ3n) is 2.66. The van der Waals surface area contributed by atoms with Gasteiger partial charge >= 0.3 is 5.97 Å². The van der Waals surface area contributed by atoms with E-state index in [1.165, 1.54) is 0 Å². The summed E-state index contributed by atoms with van der Waals surface area (Å²) >= 11 is 0. The number of benzene rings is 1.